The van der Waals surface area contributed by atoms with Crippen molar-refractivity contribution in [2.75, 3.05) is 24.3 Å². The van der Waals surface area contributed by atoms with Crippen LogP contribution in [0, 0.1) is 6.92 Å². The van der Waals surface area contributed by atoms with Crippen molar-refractivity contribution in [1.82, 2.24) is 15.0 Å². The minimum absolute atomic E-state index is 0.713. The van der Waals surface area contributed by atoms with Crippen LogP contribution in [0.4, 0.5) is 11.6 Å². The lowest BCUT2D eigenvalue weighted by molar-refractivity contribution is 1.04. The van der Waals surface area contributed by atoms with Gasteiger partial charge in [0.05, 0.1) is 5.39 Å². The molecule has 21 heavy (non-hydrogen) atoms. The lowest BCUT2D eigenvalue weighted by Crippen LogP contribution is -2.11. The Labute approximate surface area is 127 Å². The Morgan fingerprint density at radius 1 is 1.19 bits per heavy atom. The van der Waals surface area contributed by atoms with Crippen LogP contribution in [0.5, 0.6) is 0 Å². The maximum absolute atomic E-state index is 4.35. The maximum atomic E-state index is 4.35. The van der Waals surface area contributed by atoms with E-state index in [-0.39, 0.29) is 0 Å². The Balaban J connectivity index is 1.82. The van der Waals surface area contributed by atoms with E-state index >= 15 is 0 Å². The highest BCUT2D eigenvalue weighted by Gasteiger charge is 2.07. The molecule has 3 heterocycles. The number of aromatic nitrogens is 3. The van der Waals surface area contributed by atoms with Gasteiger partial charge in [0.15, 0.2) is 0 Å². The maximum Gasteiger partial charge on any atom is 0.138 e. The van der Waals surface area contributed by atoms with Crippen molar-refractivity contribution >= 4 is 33.2 Å². The molecule has 1 N–H and O–H groups in total. The number of aryl methyl sites for hydroxylation is 1. The van der Waals surface area contributed by atoms with Crippen LogP contribution in [0.15, 0.2) is 30.7 Å². The van der Waals surface area contributed by atoms with E-state index in [0.29, 0.717) is 6.54 Å². The van der Waals surface area contributed by atoms with Crippen molar-refractivity contribution in [1.29, 1.82) is 0 Å². The summed E-state index contributed by atoms with van der Waals surface area (Å²) in [6, 6.07) is 6.21. The number of rotatable bonds is 4. The molecule has 0 spiro atoms. The fraction of sp³-hybridized carbons (Fsp3) is 0.267. The van der Waals surface area contributed by atoms with Gasteiger partial charge in [0.1, 0.15) is 22.8 Å². The molecule has 0 saturated heterocycles. The van der Waals surface area contributed by atoms with Crippen molar-refractivity contribution in [3.05, 3.63) is 41.2 Å². The predicted molar refractivity (Wildman–Crippen MR) is 88.0 cm³/mol. The Hall–Kier alpha value is -2.21. The molecule has 0 aliphatic rings. The number of nitrogens with zero attached hydrogens (tertiary/aromatic N) is 4. The molecule has 5 nitrogen and oxygen atoms in total. The first kappa shape index (κ1) is 13.8. The summed E-state index contributed by atoms with van der Waals surface area (Å²) in [4.78, 5) is 17.2. The molecule has 0 unspecified atom stereocenters. The fourth-order valence-electron chi connectivity index (χ4n) is 2.12. The molecule has 0 aromatic carbocycles. The first-order chi connectivity index (χ1) is 10.1. The number of thiophene rings is 1. The summed E-state index contributed by atoms with van der Waals surface area (Å²) < 4.78 is 0. The van der Waals surface area contributed by atoms with E-state index in [2.05, 4.69) is 39.3 Å². The van der Waals surface area contributed by atoms with Crippen LogP contribution >= 0.6 is 11.3 Å². The Morgan fingerprint density at radius 2 is 2.05 bits per heavy atom. The van der Waals surface area contributed by atoms with E-state index in [1.165, 1.54) is 10.4 Å². The van der Waals surface area contributed by atoms with Gasteiger partial charge in [-0.15, -0.1) is 11.3 Å². The van der Waals surface area contributed by atoms with Crippen molar-refractivity contribution in [3.8, 4) is 0 Å². The molecule has 3 aromatic rings. The molecule has 0 amide bonds. The zero-order valence-electron chi connectivity index (χ0n) is 12.3. The molecule has 0 aliphatic carbocycles. The molecule has 6 heteroatoms. The lowest BCUT2D eigenvalue weighted by atomic mass is 10.2. The van der Waals surface area contributed by atoms with Gasteiger partial charge in [-0.05, 0) is 30.7 Å². The zero-order chi connectivity index (χ0) is 14.8. The second-order valence-corrected chi connectivity index (χ2v) is 6.30. The topological polar surface area (TPSA) is 53.9 Å². The van der Waals surface area contributed by atoms with E-state index in [9.17, 15) is 0 Å². The Morgan fingerprint density at radius 3 is 2.86 bits per heavy atom. The monoisotopic (exact) mass is 299 g/mol. The van der Waals surface area contributed by atoms with Crippen LogP contribution in [-0.4, -0.2) is 29.0 Å². The van der Waals surface area contributed by atoms with E-state index in [4.69, 9.17) is 0 Å². The van der Waals surface area contributed by atoms with Crippen LogP contribution in [0.25, 0.3) is 10.2 Å². The quantitative estimate of drug-likeness (QED) is 0.802. The number of hydrogen-bond acceptors (Lipinski definition) is 6. The fourth-order valence-corrected chi connectivity index (χ4v) is 2.96. The van der Waals surface area contributed by atoms with Crippen LogP contribution in [0.1, 0.15) is 10.4 Å². The summed E-state index contributed by atoms with van der Waals surface area (Å²) in [7, 11) is 3.98. The molecule has 0 bridgehead atoms. The third kappa shape index (κ3) is 2.95. The summed E-state index contributed by atoms with van der Waals surface area (Å²) in [5, 5.41) is 4.48. The molecule has 0 fully saturated rings. The zero-order valence-corrected chi connectivity index (χ0v) is 13.1. The normalized spacial score (nSPS) is 10.8. The van der Waals surface area contributed by atoms with E-state index in [1.54, 1.807) is 17.7 Å². The molecule has 3 rings (SSSR count). The molecule has 0 atom stereocenters. The molecule has 0 aliphatic heterocycles. The Bertz CT molecular complexity index is 766. The minimum atomic E-state index is 0.713. The molecule has 3 aromatic heterocycles. The van der Waals surface area contributed by atoms with Gasteiger partial charge in [-0.1, -0.05) is 0 Å². The minimum Gasteiger partial charge on any atom is -0.365 e. The highest BCUT2D eigenvalue weighted by Crippen LogP contribution is 2.27. The largest absolute Gasteiger partial charge is 0.365 e. The van der Waals surface area contributed by atoms with Crippen LogP contribution < -0.4 is 10.2 Å². The van der Waals surface area contributed by atoms with Crippen molar-refractivity contribution in [2.45, 2.75) is 13.5 Å². The van der Waals surface area contributed by atoms with Crippen LogP contribution in [-0.2, 0) is 6.54 Å². The SMILES string of the molecule is Cc1cc2c(NCc3ccnc(N(C)C)c3)ncnc2s1. The third-order valence-electron chi connectivity index (χ3n) is 3.18. The van der Waals surface area contributed by atoms with Gasteiger partial charge in [-0.2, -0.15) is 0 Å². The van der Waals surface area contributed by atoms with E-state index < -0.39 is 0 Å². The van der Waals surface area contributed by atoms with Gasteiger partial charge in [-0.3, -0.25) is 0 Å². The highest BCUT2D eigenvalue weighted by atomic mass is 32.1. The van der Waals surface area contributed by atoms with Gasteiger partial charge in [0, 0.05) is 31.7 Å². The lowest BCUT2D eigenvalue weighted by Gasteiger charge is -2.12. The molecule has 0 saturated carbocycles. The summed E-state index contributed by atoms with van der Waals surface area (Å²) in [5.74, 6) is 1.83. The van der Waals surface area contributed by atoms with Gasteiger partial charge >= 0.3 is 0 Å². The van der Waals surface area contributed by atoms with Gasteiger partial charge in [0.25, 0.3) is 0 Å². The van der Waals surface area contributed by atoms with Crippen molar-refractivity contribution in [3.63, 3.8) is 0 Å². The molecular formula is C15H17N5S. The third-order valence-corrected chi connectivity index (χ3v) is 4.14. The smallest absolute Gasteiger partial charge is 0.138 e. The molecular weight excluding hydrogens is 282 g/mol. The van der Waals surface area contributed by atoms with Crippen LogP contribution in [0.2, 0.25) is 0 Å². The number of nitrogens with one attached hydrogen (secondary N) is 1. The highest BCUT2D eigenvalue weighted by molar-refractivity contribution is 7.18. The molecule has 0 radical (unpaired) electrons. The molecule has 108 valence electrons. The van der Waals surface area contributed by atoms with Gasteiger partial charge in [-0.25, -0.2) is 15.0 Å². The average molecular weight is 299 g/mol. The summed E-state index contributed by atoms with van der Waals surface area (Å²) in [6.45, 7) is 2.80. The Kier molecular flexibility index (Phi) is 3.70. The number of anilines is 2. The standard InChI is InChI=1S/C15H17N5S/c1-10-6-12-14(18-9-19-15(12)21-10)17-8-11-4-5-16-13(7-11)20(2)3/h4-7,9H,8H2,1-3H3,(H,17,18,19). The first-order valence-corrected chi connectivity index (χ1v) is 7.52. The average Bonchev–Trinajstić information content (AvgIpc) is 2.86. The van der Waals surface area contributed by atoms with Crippen LogP contribution in [0.3, 0.4) is 0 Å². The van der Waals surface area contributed by atoms with Crippen molar-refractivity contribution in [2.24, 2.45) is 0 Å². The number of fused-ring (bicyclic) bond motifs is 1. The van der Waals surface area contributed by atoms with E-state index in [0.717, 1.165) is 21.9 Å². The number of hydrogen-bond donors (Lipinski definition) is 1. The number of pyridine rings is 1. The summed E-state index contributed by atoms with van der Waals surface area (Å²) in [5.41, 5.74) is 1.17. The van der Waals surface area contributed by atoms with E-state index in [1.807, 2.05) is 31.3 Å². The first-order valence-electron chi connectivity index (χ1n) is 6.71. The summed E-state index contributed by atoms with van der Waals surface area (Å²) >= 11 is 1.69. The summed E-state index contributed by atoms with van der Waals surface area (Å²) in [6.07, 6.45) is 3.44. The predicted octanol–water partition coefficient (Wildman–Crippen LogP) is 3.07. The van der Waals surface area contributed by atoms with Gasteiger partial charge in [0.2, 0.25) is 0 Å². The van der Waals surface area contributed by atoms with Crippen molar-refractivity contribution < 1.29 is 0 Å². The second-order valence-electron chi connectivity index (χ2n) is 5.07. The second kappa shape index (κ2) is 5.65. The van der Waals surface area contributed by atoms with Gasteiger partial charge < -0.3 is 10.2 Å².